The molecule has 0 spiro atoms. The minimum absolute atomic E-state index is 0.168. The van der Waals surface area contributed by atoms with Gasteiger partial charge in [-0.1, -0.05) is 121 Å². The van der Waals surface area contributed by atoms with Crippen molar-refractivity contribution >= 4 is 60.5 Å². The first-order chi connectivity index (χ1) is 29.3. The van der Waals surface area contributed by atoms with E-state index in [9.17, 15) is 0 Å². The van der Waals surface area contributed by atoms with E-state index in [2.05, 4.69) is 185 Å². The Morgan fingerprint density at radius 1 is 0.508 bits per heavy atom. The molecular formula is C54H34N4O. The van der Waals surface area contributed by atoms with Gasteiger partial charge in [-0.15, -0.1) is 0 Å². The van der Waals surface area contributed by atoms with Crippen LogP contribution >= 0.6 is 0 Å². The molecule has 0 N–H and O–H groups in total. The van der Waals surface area contributed by atoms with Gasteiger partial charge in [0.25, 0.3) is 0 Å². The molecule has 0 amide bonds. The Hall–Kier alpha value is -7.76. The highest BCUT2D eigenvalue weighted by molar-refractivity contribution is 6.23. The number of aromatic nitrogens is 4. The fraction of sp³-hybridized carbons (Fsp3) is 0.0370. The molecule has 1 aliphatic carbocycles. The summed E-state index contributed by atoms with van der Waals surface area (Å²) < 4.78 is 11.5. The molecule has 1 unspecified atom stereocenters. The summed E-state index contributed by atoms with van der Waals surface area (Å²) >= 11 is 0. The van der Waals surface area contributed by atoms with Gasteiger partial charge in [-0.3, -0.25) is 0 Å². The number of hydrogen-bond donors (Lipinski definition) is 0. The maximum Gasteiger partial charge on any atom is 0.160 e. The fourth-order valence-corrected chi connectivity index (χ4v) is 9.91. The summed E-state index contributed by atoms with van der Waals surface area (Å²) in [5, 5.41) is 7.29. The van der Waals surface area contributed by atoms with E-state index in [4.69, 9.17) is 14.7 Å². The van der Waals surface area contributed by atoms with Crippen LogP contribution in [-0.4, -0.2) is 19.1 Å². The quantitative estimate of drug-likeness (QED) is 0.180. The second-order valence-electron chi connectivity index (χ2n) is 15.7. The molecule has 59 heavy (non-hydrogen) atoms. The second kappa shape index (κ2) is 12.4. The number of hydrogen-bond acceptors (Lipinski definition) is 3. The van der Waals surface area contributed by atoms with Crippen molar-refractivity contribution < 1.29 is 4.74 Å². The molecule has 2 aliphatic rings. The first-order valence-corrected chi connectivity index (χ1v) is 20.3. The maximum absolute atomic E-state index is 6.59. The monoisotopic (exact) mass is 754 g/mol. The van der Waals surface area contributed by atoms with Crippen LogP contribution in [-0.2, 0) is 6.42 Å². The average Bonchev–Trinajstić information content (AvgIpc) is 3.95. The Bertz CT molecular complexity index is 3550. The molecule has 0 bridgehead atoms. The first-order valence-electron chi connectivity index (χ1n) is 20.3. The average molecular weight is 755 g/mol. The van der Waals surface area contributed by atoms with Crippen LogP contribution in [0.15, 0.2) is 188 Å². The summed E-state index contributed by atoms with van der Waals surface area (Å²) in [5.74, 6) is 2.86. The third-order valence-electron chi connectivity index (χ3n) is 12.5. The van der Waals surface area contributed by atoms with Gasteiger partial charge in [-0.2, -0.15) is 0 Å². The van der Waals surface area contributed by atoms with Crippen molar-refractivity contribution in [1.29, 1.82) is 0 Å². The van der Waals surface area contributed by atoms with E-state index in [1.807, 2.05) is 12.1 Å². The van der Waals surface area contributed by atoms with Crippen molar-refractivity contribution in [1.82, 2.24) is 19.1 Å². The fourth-order valence-electron chi connectivity index (χ4n) is 9.91. The molecule has 0 radical (unpaired) electrons. The third-order valence-corrected chi connectivity index (χ3v) is 12.5. The van der Waals surface area contributed by atoms with Crippen molar-refractivity contribution in [3.05, 3.63) is 205 Å². The zero-order valence-electron chi connectivity index (χ0n) is 31.9. The van der Waals surface area contributed by atoms with Gasteiger partial charge in [-0.05, 0) is 78.0 Å². The molecular weight excluding hydrogens is 721 g/mol. The predicted octanol–water partition coefficient (Wildman–Crippen LogP) is 13.2. The number of benzene rings is 8. The van der Waals surface area contributed by atoms with Gasteiger partial charge in [0.15, 0.2) is 5.82 Å². The molecule has 8 aromatic carbocycles. The number of nitrogens with zero attached hydrogens (tertiary/aromatic N) is 4. The van der Waals surface area contributed by atoms with E-state index >= 15 is 0 Å². The summed E-state index contributed by atoms with van der Waals surface area (Å²) in [4.78, 5) is 10.2. The molecule has 5 heteroatoms. The highest BCUT2D eigenvalue weighted by Crippen LogP contribution is 2.51. The molecule has 0 saturated heterocycles. The number of fused-ring (bicyclic) bond motifs is 12. The minimum Gasteiger partial charge on any atom is -0.461 e. The van der Waals surface area contributed by atoms with Crippen molar-refractivity contribution in [2.24, 2.45) is 0 Å². The largest absolute Gasteiger partial charge is 0.461 e. The zero-order valence-corrected chi connectivity index (χ0v) is 31.9. The Labute approximate surface area is 339 Å². The summed E-state index contributed by atoms with van der Waals surface area (Å²) in [5.41, 5.74) is 13.5. The molecule has 0 saturated carbocycles. The second-order valence-corrected chi connectivity index (χ2v) is 15.7. The predicted molar refractivity (Wildman–Crippen MR) is 241 cm³/mol. The standard InChI is InChI=1S/C54H34N4O/c1-2-14-34(15-3-1)53-39-19-6-9-21-43(39)55-54(56-53)35-25-27-36(28-26-35)57-45-22-10-7-20-40(45)51-46(57)29-30-47-52(51)42-31-41-38-18-8-11-24-49(38)59-50(41)32-48(42)58(47)44-23-12-16-33-13-4-5-17-37(33)44/h1-30,32,41H,31H2. The Morgan fingerprint density at radius 3 is 2.10 bits per heavy atom. The van der Waals surface area contributed by atoms with Gasteiger partial charge in [0.2, 0.25) is 0 Å². The van der Waals surface area contributed by atoms with Crippen LogP contribution < -0.4 is 4.74 Å². The normalized spacial score (nSPS) is 14.4. The van der Waals surface area contributed by atoms with E-state index in [0.29, 0.717) is 5.82 Å². The Balaban J connectivity index is 1.03. The van der Waals surface area contributed by atoms with Crippen LogP contribution in [0.3, 0.4) is 0 Å². The van der Waals surface area contributed by atoms with Crippen LogP contribution in [0.1, 0.15) is 22.7 Å². The highest BCUT2D eigenvalue weighted by atomic mass is 16.5. The van der Waals surface area contributed by atoms with Gasteiger partial charge in [-0.25, -0.2) is 9.97 Å². The molecule has 1 aliphatic heterocycles. The Morgan fingerprint density at radius 2 is 1.22 bits per heavy atom. The summed E-state index contributed by atoms with van der Waals surface area (Å²) in [7, 11) is 0. The molecule has 4 heterocycles. The highest BCUT2D eigenvalue weighted by Gasteiger charge is 2.36. The van der Waals surface area contributed by atoms with Gasteiger partial charge < -0.3 is 13.9 Å². The third kappa shape index (κ3) is 4.73. The van der Waals surface area contributed by atoms with Crippen molar-refractivity contribution in [2.75, 3.05) is 0 Å². The number of ether oxygens (including phenoxy) is 1. The smallest absolute Gasteiger partial charge is 0.160 e. The van der Waals surface area contributed by atoms with E-state index in [-0.39, 0.29) is 5.92 Å². The summed E-state index contributed by atoms with van der Waals surface area (Å²) in [6.07, 6.45) is 3.17. The van der Waals surface area contributed by atoms with Gasteiger partial charge in [0.05, 0.1) is 45.1 Å². The maximum atomic E-state index is 6.59. The van der Waals surface area contributed by atoms with Crippen molar-refractivity contribution in [3.63, 3.8) is 0 Å². The minimum atomic E-state index is 0.168. The lowest BCUT2D eigenvalue weighted by atomic mass is 9.86. The van der Waals surface area contributed by atoms with Gasteiger partial charge >= 0.3 is 0 Å². The topological polar surface area (TPSA) is 44.9 Å². The number of rotatable bonds is 4. The molecule has 5 nitrogen and oxygen atoms in total. The van der Waals surface area contributed by atoms with E-state index < -0.39 is 0 Å². The van der Waals surface area contributed by atoms with Crippen molar-refractivity contribution in [3.8, 4) is 39.8 Å². The lowest BCUT2D eigenvalue weighted by molar-refractivity contribution is 0.429. The molecule has 276 valence electrons. The van der Waals surface area contributed by atoms with Crippen LogP contribution in [0.4, 0.5) is 0 Å². The number of para-hydroxylation sites is 3. The van der Waals surface area contributed by atoms with Crippen molar-refractivity contribution in [2.45, 2.75) is 12.3 Å². The molecule has 1 atom stereocenters. The van der Waals surface area contributed by atoms with Gasteiger partial charge in [0, 0.05) is 55.4 Å². The van der Waals surface area contributed by atoms with E-state index in [1.54, 1.807) is 0 Å². The summed E-state index contributed by atoms with van der Waals surface area (Å²) in [6, 6.07) is 64.8. The van der Waals surface area contributed by atoms with Crippen LogP contribution in [0, 0.1) is 0 Å². The molecule has 3 aromatic heterocycles. The van der Waals surface area contributed by atoms with Gasteiger partial charge in [0.1, 0.15) is 11.5 Å². The SMILES string of the molecule is C1=C2Oc3ccccc3C2Cc2c1n(-c1cccc3ccccc13)c1ccc3c(c4ccccc4n3-c3ccc(-c4nc(-c5ccccc5)c5ccccc5n4)cc3)c21. The van der Waals surface area contributed by atoms with E-state index in [0.717, 1.165) is 51.3 Å². The number of allylic oxidation sites excluding steroid dienone is 1. The van der Waals surface area contributed by atoms with Crippen LogP contribution in [0.5, 0.6) is 5.75 Å². The first kappa shape index (κ1) is 32.3. The van der Waals surface area contributed by atoms with Crippen LogP contribution in [0.2, 0.25) is 0 Å². The lowest BCUT2D eigenvalue weighted by Crippen LogP contribution is -2.10. The molecule has 11 aromatic rings. The summed E-state index contributed by atoms with van der Waals surface area (Å²) in [6.45, 7) is 0. The molecule has 13 rings (SSSR count). The lowest BCUT2D eigenvalue weighted by Gasteiger charge is -2.19. The van der Waals surface area contributed by atoms with E-state index in [1.165, 1.54) is 66.0 Å². The Kier molecular flexibility index (Phi) is 6.78. The zero-order chi connectivity index (χ0) is 38.6. The molecule has 0 fully saturated rings. The van der Waals surface area contributed by atoms with Crippen LogP contribution in [0.25, 0.3) is 94.5 Å².